The van der Waals surface area contributed by atoms with Gasteiger partial charge in [0.05, 0.1) is 31.2 Å². The minimum Gasteiger partial charge on any atom is -0.626 e. The van der Waals surface area contributed by atoms with Crippen LogP contribution >= 0.6 is 0 Å². The van der Waals surface area contributed by atoms with E-state index in [9.17, 15) is 9.90 Å². The Labute approximate surface area is 508 Å². The Morgan fingerprint density at radius 3 is 1.17 bits per heavy atom. The number of hydrogen-bond donors (Lipinski definition) is 1. The molecule has 1 N–H and O–H groups in total. The highest BCUT2D eigenvalue weighted by atomic mass is 19.3. The minimum absolute atomic E-state index is 0.136. The number of carboxylic acid groups (broad SMARTS) is 1. The van der Waals surface area contributed by atoms with E-state index in [0.717, 1.165) is 44.1 Å². The maximum absolute atomic E-state index is 15.4. The largest absolute Gasteiger partial charge is 0.726 e. The maximum Gasteiger partial charge on any atom is 0.726 e. The highest BCUT2D eigenvalue weighted by Crippen LogP contribution is 2.41. The lowest BCUT2D eigenvalue weighted by Gasteiger charge is -2.34. The van der Waals surface area contributed by atoms with Crippen LogP contribution in [-0.4, -0.2) is 49.4 Å². The third-order valence-electron chi connectivity index (χ3n) is 16.6. The minimum atomic E-state index is -4.76. The fraction of sp³-hybridized carbons (Fsp3) is 0.667. The summed E-state index contributed by atoms with van der Waals surface area (Å²) < 4.78 is 61.1. The third kappa shape index (κ3) is 29.0. The number of halogens is 2. The number of benzene rings is 1. The first kappa shape index (κ1) is 69.9. The van der Waals surface area contributed by atoms with Crippen LogP contribution in [-0.2, 0) is 14.1 Å². The van der Waals surface area contributed by atoms with E-state index in [-0.39, 0.29) is 28.8 Å². The number of ether oxygens (including phenoxy) is 3. The molecule has 0 unspecified atom stereocenters. The molecule has 0 amide bonds. The number of hydrogen-bond acceptors (Lipinski definition) is 8. The van der Waals surface area contributed by atoms with E-state index in [1.807, 2.05) is 12.1 Å². The summed E-state index contributed by atoms with van der Waals surface area (Å²) in [5, 5.41) is 9.35. The lowest BCUT2D eigenvalue weighted by Crippen LogP contribution is -2.36. The van der Waals surface area contributed by atoms with Crippen LogP contribution in [0.4, 0.5) is 8.63 Å². The number of nitrogens with zero attached hydrogens (tertiary/aromatic N) is 2. The van der Waals surface area contributed by atoms with Gasteiger partial charge < -0.3 is 37.3 Å². The molecule has 0 saturated heterocycles. The van der Waals surface area contributed by atoms with Crippen LogP contribution in [0.5, 0.6) is 17.2 Å². The van der Waals surface area contributed by atoms with Crippen LogP contribution < -0.4 is 14.2 Å². The number of rotatable bonds is 51. The van der Waals surface area contributed by atoms with Gasteiger partial charge in [-0.1, -0.05) is 295 Å². The summed E-state index contributed by atoms with van der Waals surface area (Å²) in [6.45, 7) is 8.47. The van der Waals surface area contributed by atoms with Gasteiger partial charge in [0, 0.05) is 11.6 Å². The lowest BCUT2D eigenvalue weighted by atomic mass is 9.99. The van der Waals surface area contributed by atoms with E-state index in [1.165, 1.54) is 249 Å². The molecule has 0 fully saturated rings. The van der Waals surface area contributed by atoms with Crippen molar-refractivity contribution >= 4 is 24.5 Å². The molecule has 0 saturated carbocycles. The Kier molecular flexibility index (Phi) is 36.4. The molecular formula is C72H111BF2N2O7-. The quantitative estimate of drug-likeness (QED) is 0.0511. The predicted octanol–water partition coefficient (Wildman–Crippen LogP) is 22.2. The van der Waals surface area contributed by atoms with Crippen molar-refractivity contribution in [3.05, 3.63) is 107 Å². The summed E-state index contributed by atoms with van der Waals surface area (Å²) in [4.78, 5) is 20.9. The Balaban J connectivity index is 1.26. The molecule has 1 aromatic carbocycles. The van der Waals surface area contributed by atoms with Crippen molar-refractivity contribution in [3.63, 3.8) is 0 Å². The Morgan fingerprint density at radius 1 is 0.429 bits per heavy atom. The van der Waals surface area contributed by atoms with E-state index in [4.69, 9.17) is 28.5 Å². The van der Waals surface area contributed by atoms with Crippen molar-refractivity contribution in [1.29, 1.82) is 0 Å². The van der Waals surface area contributed by atoms with Crippen molar-refractivity contribution in [2.75, 3.05) is 19.8 Å². The van der Waals surface area contributed by atoms with Gasteiger partial charge in [-0.25, -0.2) is 9.98 Å². The zero-order valence-corrected chi connectivity index (χ0v) is 52.8. The average molecular weight is 1170 g/mol. The van der Waals surface area contributed by atoms with Gasteiger partial charge in [0.2, 0.25) is 5.75 Å². The summed E-state index contributed by atoms with van der Waals surface area (Å²) in [5.74, 6) is 0.633. The van der Waals surface area contributed by atoms with E-state index in [2.05, 4.69) is 25.8 Å². The molecular weight excluding hydrogens is 1050 g/mol. The number of allylic oxidation sites excluding steroid dienone is 8. The number of unbranched alkanes of at least 4 members (excludes halogenated alkanes) is 39. The monoisotopic (exact) mass is 1160 g/mol. The summed E-state index contributed by atoms with van der Waals surface area (Å²) >= 11 is 0. The molecule has 1 aromatic rings. The molecule has 84 heavy (non-hydrogen) atoms. The van der Waals surface area contributed by atoms with E-state index >= 15 is 8.63 Å². The first-order chi connectivity index (χ1) is 41.2. The van der Waals surface area contributed by atoms with E-state index in [0.29, 0.717) is 54.1 Å². The van der Waals surface area contributed by atoms with E-state index < -0.39 is 13.1 Å². The molecule has 1 aliphatic carbocycles. The molecule has 0 atom stereocenters. The summed E-state index contributed by atoms with van der Waals surface area (Å²) in [6, 6.07) is 3.92. The van der Waals surface area contributed by atoms with Gasteiger partial charge in [0.15, 0.2) is 11.5 Å². The number of carboxylic acids is 1. The fourth-order valence-electron chi connectivity index (χ4n) is 11.4. The second-order valence-corrected chi connectivity index (χ2v) is 24.1. The first-order valence-corrected chi connectivity index (χ1v) is 34.4. The molecule has 0 bridgehead atoms. The highest BCUT2D eigenvalue weighted by Gasteiger charge is 2.40. The van der Waals surface area contributed by atoms with Crippen LogP contribution in [0.1, 0.15) is 296 Å². The third-order valence-corrected chi connectivity index (χ3v) is 16.6. The van der Waals surface area contributed by atoms with Gasteiger partial charge in [-0.15, -0.1) is 0 Å². The standard InChI is InChI=1S/C72H111BF2N2O7/c1-4-7-10-13-16-19-22-25-28-31-34-37-40-43-54-80-69-57-62(64-51-53-66(77-64)68-59-67(83-73(74,75)84-68)65-52-50-63(76-65)60-46-48-61(49-47-60)72(78)79)58-70(81-55-44-41-38-35-32-29-26-23-20-17-14-11-8-5-2)71(69)82-56-45-42-39-36-33-30-27-24-21-18-15-12-9-6-3/h46-53,57-59H,4-45,54-56H2,1-3H3,(H,78,79)/q-1. The van der Waals surface area contributed by atoms with Crippen LogP contribution in [0, 0.1) is 5.92 Å². The molecule has 3 heterocycles. The second-order valence-electron chi connectivity index (χ2n) is 24.1. The number of aliphatic carboxylic acids is 1. The lowest BCUT2D eigenvalue weighted by molar-refractivity contribution is -0.133. The summed E-state index contributed by atoms with van der Waals surface area (Å²) in [6.07, 6.45) is 68.3. The average Bonchev–Trinajstić information content (AvgIpc) is 3.55. The molecule has 0 spiro atoms. The van der Waals surface area contributed by atoms with Crippen molar-refractivity contribution in [2.45, 2.75) is 290 Å². The molecule has 4 aliphatic rings. The van der Waals surface area contributed by atoms with Gasteiger partial charge in [0.25, 0.3) is 0 Å². The van der Waals surface area contributed by atoms with Gasteiger partial charge >= 0.3 is 13.1 Å². The molecule has 3 aliphatic heterocycles. The van der Waals surface area contributed by atoms with Gasteiger partial charge in [0.1, 0.15) is 28.8 Å². The maximum atomic E-state index is 15.4. The zero-order valence-electron chi connectivity index (χ0n) is 52.8. The summed E-state index contributed by atoms with van der Waals surface area (Å²) in [7, 11) is -4.76. The normalized spacial score (nSPS) is 16.3. The Hall–Kier alpha value is -4.87. The van der Waals surface area contributed by atoms with Crippen molar-refractivity contribution in [3.8, 4) is 17.2 Å². The highest BCUT2D eigenvalue weighted by molar-refractivity contribution is 6.53. The Morgan fingerprint density at radius 2 is 0.774 bits per heavy atom. The van der Waals surface area contributed by atoms with Crippen molar-refractivity contribution < 1.29 is 42.1 Å². The zero-order chi connectivity index (χ0) is 59.6. The Bertz CT molecular complexity index is 2240. The molecule has 9 nitrogen and oxygen atoms in total. The van der Waals surface area contributed by atoms with Crippen molar-refractivity contribution in [1.82, 2.24) is 0 Å². The summed E-state index contributed by atoms with van der Waals surface area (Å²) in [5.41, 5.74) is 2.81. The van der Waals surface area contributed by atoms with Crippen LogP contribution in [0.3, 0.4) is 0 Å². The van der Waals surface area contributed by atoms with Crippen LogP contribution in [0.25, 0.3) is 0 Å². The van der Waals surface area contributed by atoms with Crippen molar-refractivity contribution in [2.24, 2.45) is 9.98 Å². The van der Waals surface area contributed by atoms with Gasteiger partial charge in [-0.3, -0.25) is 4.79 Å². The van der Waals surface area contributed by atoms with Gasteiger partial charge in [-0.2, -0.15) is 0 Å². The molecule has 0 aromatic heterocycles. The SMILES string of the molecule is CCCCCCCCCCCCCCCCOc1cc(C2=NC(=C3C=C(C4=NC(=C5C=C[C](C(=O)O)C=C5)C=C4)O[B-](F)(F)O3)C=C2)cc(OCCCCCCCCCCCCCCCC)c1OCCCCCCCCCCCCCCCC. The molecule has 469 valence electrons. The van der Waals surface area contributed by atoms with Crippen LogP contribution in [0.15, 0.2) is 105 Å². The van der Waals surface area contributed by atoms with Gasteiger partial charge in [-0.05, 0) is 61.3 Å². The number of carbonyl (C=O) groups is 1. The van der Waals surface area contributed by atoms with Crippen LogP contribution in [0.2, 0.25) is 0 Å². The molecule has 1 radical (unpaired) electrons. The first-order valence-electron chi connectivity index (χ1n) is 34.4. The predicted molar refractivity (Wildman–Crippen MR) is 348 cm³/mol. The van der Waals surface area contributed by atoms with E-state index in [1.54, 1.807) is 36.5 Å². The number of aliphatic imine (C=N–C) groups is 2. The topological polar surface area (TPSA) is 108 Å². The smallest absolute Gasteiger partial charge is 0.626 e. The fourth-order valence-corrected chi connectivity index (χ4v) is 11.4. The molecule has 5 rings (SSSR count). The molecule has 12 heteroatoms. The second kappa shape index (κ2) is 43.7.